The van der Waals surface area contributed by atoms with Crippen molar-refractivity contribution in [3.05, 3.63) is 4.88 Å². The molecule has 7 heteroatoms. The molecule has 1 rings (SSSR count). The molecule has 114 valence electrons. The number of amides is 1. The maximum atomic E-state index is 12.2. The lowest BCUT2D eigenvalue weighted by atomic mass is 9.83. The molecule has 0 spiro atoms. The van der Waals surface area contributed by atoms with Crippen molar-refractivity contribution in [3.63, 3.8) is 0 Å². The first-order chi connectivity index (χ1) is 9.39. The summed E-state index contributed by atoms with van der Waals surface area (Å²) >= 11 is 1.26. The second-order valence-electron chi connectivity index (χ2n) is 5.15. The number of thiazole rings is 1. The minimum Gasteiger partial charge on any atom is -0.396 e. The predicted molar refractivity (Wildman–Crippen MR) is 83.3 cm³/mol. The zero-order valence-corrected chi connectivity index (χ0v) is 13.4. The number of aromatic nitrogens is 1. The molecule has 0 bridgehead atoms. The van der Waals surface area contributed by atoms with Gasteiger partial charge in [0, 0.05) is 26.1 Å². The molecule has 0 radical (unpaired) electrons. The maximum absolute atomic E-state index is 12.2. The van der Waals surface area contributed by atoms with E-state index >= 15 is 0 Å². The van der Waals surface area contributed by atoms with Gasteiger partial charge in [0.1, 0.15) is 10.7 Å². The van der Waals surface area contributed by atoms with Crippen LogP contribution in [0.25, 0.3) is 0 Å². The number of aliphatic hydroxyl groups is 1. The van der Waals surface area contributed by atoms with Gasteiger partial charge in [0.25, 0.3) is 5.91 Å². The van der Waals surface area contributed by atoms with Crippen molar-refractivity contribution in [1.29, 1.82) is 0 Å². The van der Waals surface area contributed by atoms with E-state index in [-0.39, 0.29) is 23.7 Å². The van der Waals surface area contributed by atoms with E-state index < -0.39 is 0 Å². The molecule has 0 aromatic carbocycles. The molecule has 4 N–H and O–H groups in total. The standard InChI is InChI=1S/C13H24N4O2S/c1-5-13(6-2,8-18)7-15-11(19)9-10(14)16-12(20-9)17(3)4/h18H,5-8,14H2,1-4H3,(H,15,19). The topological polar surface area (TPSA) is 91.5 Å². The second kappa shape index (κ2) is 6.90. The third-order valence-corrected chi connectivity index (χ3v) is 4.93. The third-order valence-electron chi connectivity index (χ3n) is 3.69. The number of rotatable bonds is 7. The number of carbonyl (C=O) groups is 1. The van der Waals surface area contributed by atoms with Crippen LogP contribution in [0, 0.1) is 5.41 Å². The highest BCUT2D eigenvalue weighted by Gasteiger charge is 2.27. The van der Waals surface area contributed by atoms with Crippen LogP contribution in [0.4, 0.5) is 10.9 Å². The smallest absolute Gasteiger partial charge is 0.265 e. The number of carbonyl (C=O) groups excluding carboxylic acids is 1. The zero-order chi connectivity index (χ0) is 15.3. The quantitative estimate of drug-likeness (QED) is 0.706. The lowest BCUT2D eigenvalue weighted by Crippen LogP contribution is -2.39. The fraction of sp³-hybridized carbons (Fsp3) is 0.692. The van der Waals surface area contributed by atoms with Gasteiger partial charge < -0.3 is 21.1 Å². The average Bonchev–Trinajstić information content (AvgIpc) is 2.83. The lowest BCUT2D eigenvalue weighted by molar-refractivity contribution is 0.0855. The lowest BCUT2D eigenvalue weighted by Gasteiger charge is -2.29. The van der Waals surface area contributed by atoms with Crippen LogP contribution in [0.1, 0.15) is 36.4 Å². The Bertz CT molecular complexity index is 447. The summed E-state index contributed by atoms with van der Waals surface area (Å²) in [4.78, 5) is 18.6. The normalized spacial score (nSPS) is 11.4. The fourth-order valence-corrected chi connectivity index (χ4v) is 2.63. The number of nitrogen functional groups attached to an aromatic ring is 1. The van der Waals surface area contributed by atoms with E-state index in [1.165, 1.54) is 11.3 Å². The number of hydrogen-bond acceptors (Lipinski definition) is 6. The van der Waals surface area contributed by atoms with Crippen molar-refractivity contribution in [2.45, 2.75) is 26.7 Å². The minimum atomic E-state index is -0.264. The van der Waals surface area contributed by atoms with E-state index in [0.29, 0.717) is 16.6 Å². The summed E-state index contributed by atoms with van der Waals surface area (Å²) in [7, 11) is 3.70. The summed E-state index contributed by atoms with van der Waals surface area (Å²) in [6.45, 7) is 4.51. The molecule has 0 fully saturated rings. The molecule has 0 unspecified atom stereocenters. The first kappa shape index (κ1) is 16.7. The highest BCUT2D eigenvalue weighted by atomic mass is 32.1. The van der Waals surface area contributed by atoms with Gasteiger partial charge in [-0.1, -0.05) is 25.2 Å². The molecule has 6 nitrogen and oxygen atoms in total. The number of anilines is 2. The molecule has 1 heterocycles. The number of aliphatic hydroxyl groups excluding tert-OH is 1. The number of nitrogens with two attached hydrogens (primary N) is 1. The third kappa shape index (κ3) is 3.61. The molecular weight excluding hydrogens is 276 g/mol. The van der Waals surface area contributed by atoms with Crippen molar-refractivity contribution in [3.8, 4) is 0 Å². The van der Waals surface area contributed by atoms with Crippen LogP contribution in [0.3, 0.4) is 0 Å². The molecule has 1 amide bonds. The first-order valence-corrected chi connectivity index (χ1v) is 7.53. The van der Waals surface area contributed by atoms with Gasteiger partial charge in [-0.05, 0) is 12.8 Å². The molecule has 0 aliphatic heterocycles. The Morgan fingerprint density at radius 3 is 2.45 bits per heavy atom. The van der Waals surface area contributed by atoms with Gasteiger partial charge in [-0.15, -0.1) is 0 Å². The van der Waals surface area contributed by atoms with Crippen molar-refractivity contribution < 1.29 is 9.90 Å². The van der Waals surface area contributed by atoms with Crippen molar-refractivity contribution in [1.82, 2.24) is 10.3 Å². The molecule has 0 aliphatic carbocycles. The summed E-state index contributed by atoms with van der Waals surface area (Å²) in [5.74, 6) is 0.0200. The van der Waals surface area contributed by atoms with Gasteiger partial charge >= 0.3 is 0 Å². The monoisotopic (exact) mass is 300 g/mol. The average molecular weight is 300 g/mol. The second-order valence-corrected chi connectivity index (χ2v) is 6.13. The zero-order valence-electron chi connectivity index (χ0n) is 12.6. The molecule has 0 saturated heterocycles. The van der Waals surface area contributed by atoms with E-state index in [2.05, 4.69) is 10.3 Å². The molecule has 1 aromatic heterocycles. The van der Waals surface area contributed by atoms with Crippen LogP contribution in [-0.2, 0) is 0 Å². The van der Waals surface area contributed by atoms with Crippen LogP contribution in [-0.4, -0.2) is 43.2 Å². The van der Waals surface area contributed by atoms with Gasteiger partial charge in [0.2, 0.25) is 0 Å². The molecular formula is C13H24N4O2S. The summed E-state index contributed by atoms with van der Waals surface area (Å²) < 4.78 is 0. The summed E-state index contributed by atoms with van der Waals surface area (Å²) in [5.41, 5.74) is 5.51. The minimum absolute atomic E-state index is 0.0569. The van der Waals surface area contributed by atoms with Crippen LogP contribution >= 0.6 is 11.3 Å². The SMILES string of the molecule is CCC(CC)(CO)CNC(=O)c1sc(N(C)C)nc1N. The Morgan fingerprint density at radius 1 is 1.45 bits per heavy atom. The summed E-state index contributed by atoms with van der Waals surface area (Å²) in [6.07, 6.45) is 1.61. The largest absolute Gasteiger partial charge is 0.396 e. The van der Waals surface area contributed by atoms with Crippen LogP contribution in [0.5, 0.6) is 0 Å². The Balaban J connectivity index is 2.77. The highest BCUT2D eigenvalue weighted by Crippen LogP contribution is 2.28. The van der Waals surface area contributed by atoms with Gasteiger partial charge in [-0.3, -0.25) is 4.79 Å². The maximum Gasteiger partial charge on any atom is 0.265 e. The first-order valence-electron chi connectivity index (χ1n) is 6.71. The van der Waals surface area contributed by atoms with Gasteiger partial charge in [-0.25, -0.2) is 4.98 Å². The van der Waals surface area contributed by atoms with E-state index in [1.807, 2.05) is 32.8 Å². The number of hydrogen-bond donors (Lipinski definition) is 3. The summed E-state index contributed by atoms with van der Waals surface area (Å²) in [5, 5.41) is 13.1. The Morgan fingerprint density at radius 2 is 2.05 bits per heavy atom. The van der Waals surface area contributed by atoms with Crippen LogP contribution in [0.2, 0.25) is 0 Å². The van der Waals surface area contributed by atoms with Crippen LogP contribution < -0.4 is 16.0 Å². The Labute approximate surface area is 124 Å². The van der Waals surface area contributed by atoms with E-state index in [0.717, 1.165) is 12.8 Å². The van der Waals surface area contributed by atoms with E-state index in [1.54, 1.807) is 0 Å². The number of nitrogens with zero attached hydrogens (tertiary/aromatic N) is 2. The van der Waals surface area contributed by atoms with E-state index in [4.69, 9.17) is 5.73 Å². The molecule has 20 heavy (non-hydrogen) atoms. The molecule has 0 atom stereocenters. The van der Waals surface area contributed by atoms with Crippen molar-refractivity contribution >= 4 is 28.2 Å². The highest BCUT2D eigenvalue weighted by molar-refractivity contribution is 7.18. The van der Waals surface area contributed by atoms with E-state index in [9.17, 15) is 9.90 Å². The van der Waals surface area contributed by atoms with Crippen molar-refractivity contribution in [2.75, 3.05) is 37.9 Å². The van der Waals surface area contributed by atoms with Gasteiger partial charge in [0.15, 0.2) is 5.13 Å². The predicted octanol–water partition coefficient (Wildman–Crippen LogP) is 1.32. The van der Waals surface area contributed by atoms with Gasteiger partial charge in [-0.2, -0.15) is 0 Å². The van der Waals surface area contributed by atoms with Crippen LogP contribution in [0.15, 0.2) is 0 Å². The molecule has 0 saturated carbocycles. The fourth-order valence-electron chi connectivity index (χ4n) is 1.80. The van der Waals surface area contributed by atoms with Crippen molar-refractivity contribution in [2.24, 2.45) is 5.41 Å². The number of nitrogens with one attached hydrogen (secondary N) is 1. The molecule has 1 aromatic rings. The Hall–Kier alpha value is -1.34. The molecule has 0 aliphatic rings. The Kier molecular flexibility index (Phi) is 5.76. The van der Waals surface area contributed by atoms with Gasteiger partial charge in [0.05, 0.1) is 6.61 Å². The summed E-state index contributed by atoms with van der Waals surface area (Å²) in [6, 6.07) is 0.